The maximum Gasteiger partial charge on any atom is 0.255 e. The summed E-state index contributed by atoms with van der Waals surface area (Å²) in [4.78, 5) is 25.3. The third-order valence-corrected chi connectivity index (χ3v) is 5.10. The van der Waals surface area contributed by atoms with Gasteiger partial charge in [0.1, 0.15) is 17.3 Å². The lowest BCUT2D eigenvalue weighted by Gasteiger charge is -2.23. The second-order valence-electron chi connectivity index (χ2n) is 7.30. The number of ether oxygens (including phenoxy) is 1. The normalized spacial score (nSPS) is 14.0. The Bertz CT molecular complexity index is 872. The summed E-state index contributed by atoms with van der Waals surface area (Å²) < 4.78 is 5.01. The fourth-order valence-electron chi connectivity index (χ4n) is 3.46. The number of nitrogens with one attached hydrogen (secondary N) is 3. The van der Waals surface area contributed by atoms with E-state index in [2.05, 4.69) is 36.8 Å². The van der Waals surface area contributed by atoms with Crippen LogP contribution in [0.4, 0.5) is 17.3 Å². The molecule has 3 rings (SSSR count). The third kappa shape index (κ3) is 6.16. The molecular weight excluding hydrogens is 380 g/mol. The molecule has 8 heteroatoms. The van der Waals surface area contributed by atoms with E-state index in [1.54, 1.807) is 19.5 Å². The first kappa shape index (κ1) is 21.5. The predicted octanol–water partition coefficient (Wildman–Crippen LogP) is 2.96. The van der Waals surface area contributed by atoms with E-state index in [9.17, 15) is 4.79 Å². The summed E-state index contributed by atoms with van der Waals surface area (Å²) in [6.07, 6.45) is 16.2. The standard InChI is InChI=1S/C22H28N6O2/c1-3-17-13-26-21(15-24-17)28-20-11-19(25-12-16-7-5-4-6-8-16)18(14-27-20)22(29)23-9-10-30-2/h1,11,13-16H,4-10,12H2,2H3,(H,23,29)(H2,25,26,27,28). The van der Waals surface area contributed by atoms with Crippen LogP contribution in [0, 0.1) is 18.3 Å². The van der Waals surface area contributed by atoms with Crippen LogP contribution in [0.5, 0.6) is 0 Å². The Labute approximate surface area is 177 Å². The van der Waals surface area contributed by atoms with Crippen LogP contribution in [-0.2, 0) is 4.74 Å². The Morgan fingerprint density at radius 1 is 1.17 bits per heavy atom. The number of amides is 1. The van der Waals surface area contributed by atoms with E-state index in [4.69, 9.17) is 11.2 Å². The van der Waals surface area contributed by atoms with Gasteiger partial charge in [-0.25, -0.2) is 15.0 Å². The molecule has 30 heavy (non-hydrogen) atoms. The van der Waals surface area contributed by atoms with E-state index in [1.807, 2.05) is 6.07 Å². The smallest absolute Gasteiger partial charge is 0.255 e. The highest BCUT2D eigenvalue weighted by Crippen LogP contribution is 2.26. The lowest BCUT2D eigenvalue weighted by Crippen LogP contribution is -2.28. The van der Waals surface area contributed by atoms with Crippen molar-refractivity contribution in [3.8, 4) is 12.3 Å². The highest BCUT2D eigenvalue weighted by molar-refractivity contribution is 5.99. The largest absolute Gasteiger partial charge is 0.384 e. The van der Waals surface area contributed by atoms with Gasteiger partial charge in [-0.05, 0) is 24.7 Å². The lowest BCUT2D eigenvalue weighted by atomic mass is 9.89. The summed E-state index contributed by atoms with van der Waals surface area (Å²) in [6.45, 7) is 1.73. The summed E-state index contributed by atoms with van der Waals surface area (Å²) in [5, 5.41) is 9.43. The predicted molar refractivity (Wildman–Crippen MR) is 117 cm³/mol. The zero-order valence-electron chi connectivity index (χ0n) is 17.3. The number of methoxy groups -OCH3 is 1. The number of carbonyl (C=O) groups excluding carboxylic acids is 1. The van der Waals surface area contributed by atoms with Crippen LogP contribution in [0.15, 0.2) is 24.7 Å². The van der Waals surface area contributed by atoms with Crippen molar-refractivity contribution >= 4 is 23.2 Å². The number of terminal acetylenes is 1. The van der Waals surface area contributed by atoms with Crippen molar-refractivity contribution in [3.63, 3.8) is 0 Å². The van der Waals surface area contributed by atoms with E-state index >= 15 is 0 Å². The quantitative estimate of drug-likeness (QED) is 0.433. The number of hydrogen-bond donors (Lipinski definition) is 3. The van der Waals surface area contributed by atoms with Gasteiger partial charge in [-0.15, -0.1) is 6.42 Å². The number of anilines is 3. The number of aromatic nitrogens is 3. The van der Waals surface area contributed by atoms with Crippen molar-refractivity contribution < 1.29 is 9.53 Å². The average Bonchev–Trinajstić information content (AvgIpc) is 2.79. The molecule has 8 nitrogen and oxygen atoms in total. The minimum absolute atomic E-state index is 0.185. The van der Waals surface area contributed by atoms with Gasteiger partial charge < -0.3 is 20.7 Å². The summed E-state index contributed by atoms with van der Waals surface area (Å²) in [7, 11) is 1.60. The highest BCUT2D eigenvalue weighted by Gasteiger charge is 2.17. The average molecular weight is 409 g/mol. The molecular formula is C22H28N6O2. The topological polar surface area (TPSA) is 101 Å². The van der Waals surface area contributed by atoms with Crippen molar-refractivity contribution in [2.45, 2.75) is 32.1 Å². The Morgan fingerprint density at radius 2 is 1.97 bits per heavy atom. The van der Waals surface area contributed by atoms with Crippen LogP contribution in [-0.4, -0.2) is 47.7 Å². The van der Waals surface area contributed by atoms with Gasteiger partial charge in [0.2, 0.25) is 0 Å². The molecule has 2 aromatic rings. The van der Waals surface area contributed by atoms with Crippen molar-refractivity contribution in [2.75, 3.05) is 37.4 Å². The molecule has 0 spiro atoms. The van der Waals surface area contributed by atoms with Crippen molar-refractivity contribution in [3.05, 3.63) is 35.9 Å². The van der Waals surface area contributed by atoms with Gasteiger partial charge in [-0.1, -0.05) is 19.3 Å². The molecule has 0 aliphatic heterocycles. The van der Waals surface area contributed by atoms with E-state index in [0.29, 0.717) is 42.0 Å². The molecule has 0 atom stereocenters. The molecule has 2 heterocycles. The van der Waals surface area contributed by atoms with Gasteiger partial charge >= 0.3 is 0 Å². The van der Waals surface area contributed by atoms with Crippen LogP contribution in [0.1, 0.15) is 48.2 Å². The summed E-state index contributed by atoms with van der Waals surface area (Å²) >= 11 is 0. The molecule has 0 bridgehead atoms. The molecule has 1 saturated carbocycles. The number of rotatable bonds is 9. The molecule has 0 aromatic carbocycles. The van der Waals surface area contributed by atoms with Gasteiger partial charge in [0.15, 0.2) is 0 Å². The lowest BCUT2D eigenvalue weighted by molar-refractivity contribution is 0.0937. The van der Waals surface area contributed by atoms with Crippen LogP contribution in [0.25, 0.3) is 0 Å². The summed E-state index contributed by atoms with van der Waals surface area (Å²) in [6, 6.07) is 1.82. The van der Waals surface area contributed by atoms with Crippen LogP contribution >= 0.6 is 0 Å². The van der Waals surface area contributed by atoms with Gasteiger partial charge in [0, 0.05) is 32.5 Å². The molecule has 158 valence electrons. The van der Waals surface area contributed by atoms with Crippen molar-refractivity contribution in [2.24, 2.45) is 5.92 Å². The van der Waals surface area contributed by atoms with Gasteiger partial charge in [-0.2, -0.15) is 0 Å². The molecule has 1 fully saturated rings. The van der Waals surface area contributed by atoms with E-state index in [0.717, 1.165) is 12.2 Å². The highest BCUT2D eigenvalue weighted by atomic mass is 16.5. The van der Waals surface area contributed by atoms with E-state index < -0.39 is 0 Å². The molecule has 0 saturated heterocycles. The SMILES string of the molecule is C#Cc1cnc(Nc2cc(NCC3CCCCC3)c(C(=O)NCCOC)cn2)cn1. The fourth-order valence-corrected chi connectivity index (χ4v) is 3.46. The van der Waals surface area contributed by atoms with E-state index in [1.165, 1.54) is 38.3 Å². The molecule has 0 radical (unpaired) electrons. The summed E-state index contributed by atoms with van der Waals surface area (Å²) in [5.41, 5.74) is 1.70. The second kappa shape index (κ2) is 11.1. The first-order valence-electron chi connectivity index (χ1n) is 10.3. The maximum absolute atomic E-state index is 12.6. The zero-order chi connectivity index (χ0) is 21.2. The zero-order valence-corrected chi connectivity index (χ0v) is 17.3. The van der Waals surface area contributed by atoms with Crippen LogP contribution in [0.2, 0.25) is 0 Å². The number of nitrogens with zero attached hydrogens (tertiary/aromatic N) is 3. The Balaban J connectivity index is 1.75. The molecule has 3 N–H and O–H groups in total. The van der Waals surface area contributed by atoms with E-state index in [-0.39, 0.29) is 5.91 Å². The first-order valence-corrected chi connectivity index (χ1v) is 10.3. The van der Waals surface area contributed by atoms with Crippen molar-refractivity contribution in [1.29, 1.82) is 0 Å². The summed E-state index contributed by atoms with van der Waals surface area (Å²) in [5.74, 6) is 3.96. The number of pyridine rings is 1. The Kier molecular flexibility index (Phi) is 7.98. The van der Waals surface area contributed by atoms with Gasteiger partial charge in [0.25, 0.3) is 5.91 Å². The van der Waals surface area contributed by atoms with Gasteiger partial charge in [-0.3, -0.25) is 4.79 Å². The maximum atomic E-state index is 12.6. The number of carbonyl (C=O) groups is 1. The Hall–Kier alpha value is -3.18. The molecule has 1 aliphatic rings. The fraction of sp³-hybridized carbons (Fsp3) is 0.455. The minimum Gasteiger partial charge on any atom is -0.384 e. The van der Waals surface area contributed by atoms with Crippen LogP contribution in [0.3, 0.4) is 0 Å². The molecule has 1 aliphatic carbocycles. The Morgan fingerprint density at radius 3 is 2.67 bits per heavy atom. The first-order chi connectivity index (χ1) is 14.7. The molecule has 2 aromatic heterocycles. The van der Waals surface area contributed by atoms with Gasteiger partial charge in [0.05, 0.1) is 30.3 Å². The molecule has 0 unspecified atom stereocenters. The van der Waals surface area contributed by atoms with Crippen molar-refractivity contribution in [1.82, 2.24) is 20.3 Å². The van der Waals surface area contributed by atoms with Crippen LogP contribution < -0.4 is 16.0 Å². The molecule has 1 amide bonds. The third-order valence-electron chi connectivity index (χ3n) is 5.10. The number of hydrogen-bond acceptors (Lipinski definition) is 7. The monoisotopic (exact) mass is 408 g/mol. The minimum atomic E-state index is -0.185. The second-order valence-corrected chi connectivity index (χ2v) is 7.30.